The number of nitrogens with two attached hydrogens (primary N) is 1. The predicted octanol–water partition coefficient (Wildman–Crippen LogP) is 2.87. The van der Waals surface area contributed by atoms with Crippen molar-refractivity contribution in [1.29, 1.82) is 0 Å². The van der Waals surface area contributed by atoms with Gasteiger partial charge in [-0.05, 0) is 56.7 Å². The molecule has 2 rings (SSSR count). The minimum absolute atomic E-state index is 0. The third kappa shape index (κ3) is 11.0. The second kappa shape index (κ2) is 17.8. The van der Waals surface area contributed by atoms with Gasteiger partial charge in [0.25, 0.3) is 0 Å². The molecule has 2 heterocycles. The first-order valence-electron chi connectivity index (χ1n) is 9.91. The Hall–Kier alpha value is -0.830. The molecule has 0 radical (unpaired) electrons. The van der Waals surface area contributed by atoms with E-state index in [-0.39, 0.29) is 43.2 Å². The van der Waals surface area contributed by atoms with E-state index in [0.717, 1.165) is 63.4 Å². The minimum atomic E-state index is -0.563. The lowest BCUT2D eigenvalue weighted by Crippen LogP contribution is -2.37. The summed E-state index contributed by atoms with van der Waals surface area (Å²) in [5.41, 5.74) is 8.33. The van der Waals surface area contributed by atoms with Gasteiger partial charge >= 0.3 is 5.97 Å². The van der Waals surface area contributed by atoms with E-state index in [1.165, 1.54) is 19.1 Å². The number of hydrogen-bond acceptors (Lipinski definition) is 7. The molecule has 0 saturated carbocycles. The van der Waals surface area contributed by atoms with Crippen molar-refractivity contribution in [1.82, 2.24) is 9.88 Å². The number of nitrogens with one attached hydrogen (secondary N) is 1. The zero-order chi connectivity index (χ0) is 19.5. The van der Waals surface area contributed by atoms with Crippen LogP contribution in [0.2, 0.25) is 0 Å². The van der Waals surface area contributed by atoms with Crippen LogP contribution in [-0.2, 0) is 27.1 Å². The topological polar surface area (TPSA) is 89.7 Å². The number of fused-ring (bicyclic) bond motifs is 1. The maximum absolute atomic E-state index is 11.5. The second-order valence-corrected chi connectivity index (χ2v) is 7.05. The van der Waals surface area contributed by atoms with Gasteiger partial charge in [-0.25, -0.2) is 4.98 Å². The van der Waals surface area contributed by atoms with Gasteiger partial charge in [0.05, 0.1) is 13.7 Å². The maximum Gasteiger partial charge on any atom is 0.322 e. The molecule has 3 N–H and O–H groups in total. The number of rotatable bonds is 12. The molecule has 0 aromatic carbocycles. The molecule has 1 aliphatic rings. The molecule has 176 valence electrons. The Labute approximate surface area is 199 Å². The van der Waals surface area contributed by atoms with Gasteiger partial charge in [0.15, 0.2) is 0 Å². The van der Waals surface area contributed by atoms with Gasteiger partial charge in [0.2, 0.25) is 0 Å². The molecule has 0 aliphatic carbocycles. The van der Waals surface area contributed by atoms with Crippen LogP contribution >= 0.6 is 37.2 Å². The fraction of sp³-hybridized carbons (Fsp3) is 0.700. The van der Waals surface area contributed by atoms with Crippen LogP contribution in [-0.4, -0.2) is 68.9 Å². The highest BCUT2D eigenvalue weighted by Gasteiger charge is 2.15. The highest BCUT2D eigenvalue weighted by Crippen LogP contribution is 2.20. The van der Waals surface area contributed by atoms with Crippen LogP contribution in [0.5, 0.6) is 0 Å². The van der Waals surface area contributed by atoms with Crippen molar-refractivity contribution in [2.75, 3.05) is 52.3 Å². The smallest absolute Gasteiger partial charge is 0.322 e. The summed E-state index contributed by atoms with van der Waals surface area (Å²) in [7, 11) is 3.07. The van der Waals surface area contributed by atoms with Gasteiger partial charge < -0.3 is 25.4 Å². The third-order valence-corrected chi connectivity index (χ3v) is 4.98. The monoisotopic (exact) mass is 486 g/mol. The van der Waals surface area contributed by atoms with E-state index in [1.807, 2.05) is 0 Å². The third-order valence-electron chi connectivity index (χ3n) is 4.98. The highest BCUT2D eigenvalue weighted by molar-refractivity contribution is 5.86. The van der Waals surface area contributed by atoms with Crippen molar-refractivity contribution < 1.29 is 14.3 Å². The molecular weight excluding hydrogens is 451 g/mol. The fourth-order valence-corrected chi connectivity index (χ4v) is 3.30. The Morgan fingerprint density at radius 3 is 2.67 bits per heavy atom. The van der Waals surface area contributed by atoms with E-state index in [1.54, 1.807) is 7.11 Å². The maximum atomic E-state index is 11.5. The first-order chi connectivity index (χ1) is 13.1. The Morgan fingerprint density at radius 1 is 1.20 bits per heavy atom. The Kier molecular flexibility index (Phi) is 18.6. The fourth-order valence-electron chi connectivity index (χ4n) is 3.30. The number of ether oxygens (including phenoxy) is 2. The lowest BCUT2D eigenvalue weighted by Gasteiger charge is -2.23. The van der Waals surface area contributed by atoms with Gasteiger partial charge in [0.1, 0.15) is 11.9 Å². The van der Waals surface area contributed by atoms with E-state index in [4.69, 9.17) is 20.2 Å². The quantitative estimate of drug-likeness (QED) is 0.346. The van der Waals surface area contributed by atoms with E-state index in [0.29, 0.717) is 13.0 Å². The molecule has 1 unspecified atom stereocenters. The van der Waals surface area contributed by atoms with Gasteiger partial charge in [-0.3, -0.25) is 4.79 Å². The largest absolute Gasteiger partial charge is 0.468 e. The number of pyridine rings is 1. The number of halogens is 3. The van der Waals surface area contributed by atoms with Gasteiger partial charge in [-0.2, -0.15) is 0 Å². The lowest BCUT2D eigenvalue weighted by atomic mass is 10.1. The molecule has 0 saturated heterocycles. The Morgan fingerprint density at radius 2 is 1.97 bits per heavy atom. The van der Waals surface area contributed by atoms with Gasteiger partial charge in [-0.1, -0.05) is 6.07 Å². The number of aryl methyl sites for hydroxylation is 2. The molecule has 10 heteroatoms. The summed E-state index contributed by atoms with van der Waals surface area (Å²) in [6.45, 7) is 4.25. The molecule has 1 aliphatic heterocycles. The van der Waals surface area contributed by atoms with Crippen LogP contribution < -0.4 is 11.1 Å². The van der Waals surface area contributed by atoms with Crippen molar-refractivity contribution in [3.8, 4) is 0 Å². The summed E-state index contributed by atoms with van der Waals surface area (Å²) in [6.07, 6.45) is 6.04. The van der Waals surface area contributed by atoms with Crippen LogP contribution in [0, 0.1) is 0 Å². The number of unbranched alkanes of at least 4 members (excludes halogenated alkanes) is 1. The number of methoxy groups -OCH3 is 2. The molecular formula is C20H37Cl3N4O3. The number of anilines is 1. The van der Waals surface area contributed by atoms with Crippen LogP contribution in [0.4, 0.5) is 5.82 Å². The van der Waals surface area contributed by atoms with E-state index in [9.17, 15) is 4.79 Å². The number of carbonyl (C=O) groups is 1. The number of carbonyl (C=O) groups excluding carboxylic acids is 1. The number of esters is 1. The van der Waals surface area contributed by atoms with Crippen molar-refractivity contribution in [3.05, 3.63) is 23.4 Å². The van der Waals surface area contributed by atoms with E-state index in [2.05, 4.69) is 22.3 Å². The van der Waals surface area contributed by atoms with Crippen molar-refractivity contribution in [2.45, 2.75) is 44.6 Å². The first kappa shape index (κ1) is 31.4. The summed E-state index contributed by atoms with van der Waals surface area (Å²) in [5.74, 6) is 0.714. The molecule has 30 heavy (non-hydrogen) atoms. The average Bonchev–Trinajstić information content (AvgIpc) is 2.71. The number of aromatic nitrogens is 1. The van der Waals surface area contributed by atoms with E-state index < -0.39 is 6.04 Å². The minimum Gasteiger partial charge on any atom is -0.468 e. The zero-order valence-electron chi connectivity index (χ0n) is 17.9. The highest BCUT2D eigenvalue weighted by atomic mass is 35.5. The molecule has 0 bridgehead atoms. The Balaban J connectivity index is 0. The molecule has 0 spiro atoms. The van der Waals surface area contributed by atoms with Crippen LogP contribution in [0.25, 0.3) is 0 Å². The van der Waals surface area contributed by atoms with Crippen molar-refractivity contribution in [3.63, 3.8) is 0 Å². The summed E-state index contributed by atoms with van der Waals surface area (Å²) in [5, 5.41) is 3.39. The van der Waals surface area contributed by atoms with Gasteiger partial charge in [-0.15, -0.1) is 37.2 Å². The predicted molar refractivity (Wildman–Crippen MR) is 129 cm³/mol. The summed E-state index contributed by atoms with van der Waals surface area (Å²) < 4.78 is 9.89. The second-order valence-electron chi connectivity index (χ2n) is 7.05. The summed E-state index contributed by atoms with van der Waals surface area (Å²) >= 11 is 0. The normalized spacial score (nSPS) is 13.1. The molecule has 0 amide bonds. The van der Waals surface area contributed by atoms with Crippen LogP contribution in [0.15, 0.2) is 12.1 Å². The van der Waals surface area contributed by atoms with Crippen LogP contribution in [0.3, 0.4) is 0 Å². The molecule has 7 nitrogen and oxygen atoms in total. The number of hydrogen-bond donors (Lipinski definition) is 2. The molecule has 1 aromatic rings. The molecule has 0 fully saturated rings. The average molecular weight is 488 g/mol. The standard InChI is InChI=1S/C20H34N4O3.3ClH/c1-26-15-14-24(13-10-18(21)20(25)27-2)12-4-3-7-17-9-8-16-6-5-11-22-19(16)23-17;;;/h8-9,18H,3-7,10-15,21H2,1-2H3,(H,22,23);3*1H. The zero-order valence-corrected chi connectivity index (χ0v) is 20.4. The van der Waals surface area contributed by atoms with Crippen molar-refractivity contribution in [2.24, 2.45) is 5.73 Å². The SMILES string of the molecule is COCCN(CCCCc1ccc2c(n1)NCCC2)CCC(N)C(=O)OC.Cl.Cl.Cl. The van der Waals surface area contributed by atoms with E-state index >= 15 is 0 Å². The summed E-state index contributed by atoms with van der Waals surface area (Å²) in [6, 6.07) is 3.81. The molecule has 1 atom stereocenters. The lowest BCUT2D eigenvalue weighted by molar-refractivity contribution is -0.142. The molecule has 1 aromatic heterocycles. The van der Waals surface area contributed by atoms with Gasteiger partial charge in [0, 0.05) is 32.4 Å². The van der Waals surface area contributed by atoms with Crippen LogP contribution in [0.1, 0.15) is 36.9 Å². The summed E-state index contributed by atoms with van der Waals surface area (Å²) in [4.78, 5) is 18.5. The first-order valence-corrected chi connectivity index (χ1v) is 9.91. The Bertz CT molecular complexity index is 596. The number of nitrogens with zero attached hydrogens (tertiary/aromatic N) is 2. The van der Waals surface area contributed by atoms with Crippen molar-refractivity contribution >= 4 is 49.0 Å².